The fourth-order valence-corrected chi connectivity index (χ4v) is 4.14. The Hall–Kier alpha value is -2.62. The van der Waals surface area contributed by atoms with Crippen molar-refractivity contribution in [3.05, 3.63) is 47.5 Å². The number of hydrogen-bond donors (Lipinski definition) is 0. The van der Waals surface area contributed by atoms with Gasteiger partial charge in [0.1, 0.15) is 11.2 Å². The smallest absolute Gasteiger partial charge is 0.316 e. The highest BCUT2D eigenvalue weighted by Crippen LogP contribution is 2.53. The van der Waals surface area contributed by atoms with Crippen molar-refractivity contribution in [2.24, 2.45) is 5.41 Å². The third-order valence-electron chi connectivity index (χ3n) is 5.30. The minimum absolute atomic E-state index is 0.00178. The predicted molar refractivity (Wildman–Crippen MR) is 90.9 cm³/mol. The number of ether oxygens (including phenoxy) is 2. The van der Waals surface area contributed by atoms with Gasteiger partial charge in [-0.05, 0) is 58.5 Å². The van der Waals surface area contributed by atoms with Gasteiger partial charge in [0.2, 0.25) is 0 Å². The van der Waals surface area contributed by atoms with Crippen molar-refractivity contribution in [1.29, 1.82) is 0 Å². The highest BCUT2D eigenvalue weighted by Gasteiger charge is 2.51. The molecule has 1 atom stereocenters. The lowest BCUT2D eigenvalue weighted by Gasteiger charge is -2.35. The lowest BCUT2D eigenvalue weighted by Crippen LogP contribution is -2.35. The molecule has 2 aliphatic carbocycles. The van der Waals surface area contributed by atoms with Crippen molar-refractivity contribution < 1.29 is 19.1 Å². The van der Waals surface area contributed by atoms with Gasteiger partial charge in [0.25, 0.3) is 0 Å². The van der Waals surface area contributed by atoms with E-state index in [-0.39, 0.29) is 18.2 Å². The van der Waals surface area contributed by atoms with Gasteiger partial charge in [-0.3, -0.25) is 9.59 Å². The van der Waals surface area contributed by atoms with E-state index in [2.05, 4.69) is 6.07 Å². The summed E-state index contributed by atoms with van der Waals surface area (Å²) in [6, 6.07) is 10.0. The summed E-state index contributed by atoms with van der Waals surface area (Å²) in [6.07, 6.45) is 3.20. The van der Waals surface area contributed by atoms with Crippen LogP contribution in [0, 0.1) is 5.41 Å². The maximum Gasteiger partial charge on any atom is 0.316 e. The molecule has 0 unspecified atom stereocenters. The summed E-state index contributed by atoms with van der Waals surface area (Å²) < 4.78 is 10.3. The minimum atomic E-state index is -0.807. The Bertz CT molecular complexity index is 909. The van der Waals surface area contributed by atoms with Crippen molar-refractivity contribution in [3.63, 3.8) is 0 Å². The van der Waals surface area contributed by atoms with E-state index in [9.17, 15) is 9.59 Å². The highest BCUT2D eigenvalue weighted by atomic mass is 16.5. The molecule has 2 aliphatic rings. The van der Waals surface area contributed by atoms with Crippen molar-refractivity contribution in [2.75, 3.05) is 14.2 Å². The summed E-state index contributed by atoms with van der Waals surface area (Å²) in [5.74, 6) is 0.510. The fraction of sp³-hybridized carbons (Fsp3) is 0.300. The number of rotatable bonds is 2. The van der Waals surface area contributed by atoms with Crippen LogP contribution in [0.3, 0.4) is 0 Å². The molecule has 4 rings (SSSR count). The molecule has 2 aromatic rings. The fourth-order valence-electron chi connectivity index (χ4n) is 4.14. The van der Waals surface area contributed by atoms with E-state index in [1.807, 2.05) is 24.3 Å². The van der Waals surface area contributed by atoms with E-state index >= 15 is 0 Å². The molecule has 0 N–H and O–H groups in total. The van der Waals surface area contributed by atoms with Gasteiger partial charge in [0, 0.05) is 6.42 Å². The Kier molecular flexibility index (Phi) is 3.23. The van der Waals surface area contributed by atoms with Crippen LogP contribution in [0.15, 0.2) is 36.4 Å². The molecular formula is C20H18O4. The first-order valence-corrected chi connectivity index (χ1v) is 8.02. The molecule has 122 valence electrons. The van der Waals surface area contributed by atoms with Crippen molar-refractivity contribution in [2.45, 2.75) is 19.3 Å². The van der Waals surface area contributed by atoms with Crippen LogP contribution in [-0.4, -0.2) is 26.0 Å². The quantitative estimate of drug-likeness (QED) is 0.796. The van der Waals surface area contributed by atoms with Crippen LogP contribution >= 0.6 is 0 Å². The van der Waals surface area contributed by atoms with Crippen LogP contribution in [0.4, 0.5) is 0 Å². The first-order chi connectivity index (χ1) is 11.6. The van der Waals surface area contributed by atoms with Crippen LogP contribution in [-0.2, 0) is 20.7 Å². The van der Waals surface area contributed by atoms with E-state index < -0.39 is 5.41 Å². The molecule has 4 heteroatoms. The number of carbonyl (C=O) groups excluding carboxylic acids is 2. The molecule has 0 bridgehead atoms. The topological polar surface area (TPSA) is 52.6 Å². The Morgan fingerprint density at radius 3 is 2.75 bits per heavy atom. The summed E-state index contributed by atoms with van der Waals surface area (Å²) in [5.41, 5.74) is 2.20. The van der Waals surface area contributed by atoms with Gasteiger partial charge in [0.15, 0.2) is 5.78 Å². The Labute approximate surface area is 140 Å². The monoisotopic (exact) mass is 322 g/mol. The van der Waals surface area contributed by atoms with Crippen molar-refractivity contribution in [3.8, 4) is 5.75 Å². The van der Waals surface area contributed by atoms with Gasteiger partial charge in [-0.2, -0.15) is 0 Å². The number of ketones is 1. The van der Waals surface area contributed by atoms with Crippen molar-refractivity contribution in [1.82, 2.24) is 0 Å². The van der Waals surface area contributed by atoms with Gasteiger partial charge in [-0.25, -0.2) is 0 Å². The van der Waals surface area contributed by atoms with Gasteiger partial charge in [-0.15, -0.1) is 0 Å². The second kappa shape index (κ2) is 5.20. The molecule has 0 heterocycles. The number of allylic oxidation sites excluding steroid dienone is 1. The average molecular weight is 322 g/mol. The molecule has 0 saturated carbocycles. The summed E-state index contributed by atoms with van der Waals surface area (Å²) in [6.45, 7) is 0. The van der Waals surface area contributed by atoms with E-state index in [1.165, 1.54) is 12.7 Å². The largest absolute Gasteiger partial charge is 0.497 e. The Morgan fingerprint density at radius 1 is 1.17 bits per heavy atom. The molecule has 0 aliphatic heterocycles. The van der Waals surface area contributed by atoms with Gasteiger partial charge >= 0.3 is 5.97 Å². The maximum absolute atomic E-state index is 12.4. The number of carbonyl (C=O) groups is 2. The van der Waals surface area contributed by atoms with Crippen molar-refractivity contribution >= 4 is 28.1 Å². The zero-order valence-electron chi connectivity index (χ0n) is 13.7. The van der Waals surface area contributed by atoms with Gasteiger partial charge in [-0.1, -0.05) is 18.2 Å². The van der Waals surface area contributed by atoms with Crippen LogP contribution < -0.4 is 4.74 Å². The van der Waals surface area contributed by atoms with Crippen LogP contribution in [0.1, 0.15) is 24.0 Å². The number of aryl methyl sites for hydroxylation is 1. The van der Waals surface area contributed by atoms with Crippen LogP contribution in [0.5, 0.6) is 5.75 Å². The van der Waals surface area contributed by atoms with E-state index in [4.69, 9.17) is 9.47 Å². The molecule has 0 fully saturated rings. The van der Waals surface area contributed by atoms with Crippen LogP contribution in [0.25, 0.3) is 16.3 Å². The summed E-state index contributed by atoms with van der Waals surface area (Å²) >= 11 is 0. The molecule has 4 nitrogen and oxygen atoms in total. The molecule has 2 aromatic carbocycles. The first kappa shape index (κ1) is 14.9. The molecular weight excluding hydrogens is 304 g/mol. The molecule has 0 radical (unpaired) electrons. The van der Waals surface area contributed by atoms with E-state index in [0.717, 1.165) is 34.1 Å². The number of benzene rings is 2. The molecule has 0 amide bonds. The summed E-state index contributed by atoms with van der Waals surface area (Å²) in [5, 5.41) is 2.25. The minimum Gasteiger partial charge on any atom is -0.497 e. The first-order valence-electron chi connectivity index (χ1n) is 8.02. The van der Waals surface area contributed by atoms with Crippen LogP contribution in [0.2, 0.25) is 0 Å². The maximum atomic E-state index is 12.4. The number of fused-ring (bicyclic) bond motifs is 5. The van der Waals surface area contributed by atoms with E-state index in [1.54, 1.807) is 13.2 Å². The molecule has 0 aromatic heterocycles. The SMILES string of the molecule is COC(=O)[C@@]12CCc3c(ccc4cc(OC)ccc34)C1=CC(=O)C2. The lowest BCUT2D eigenvalue weighted by atomic mass is 9.68. The second-order valence-electron chi connectivity index (χ2n) is 6.45. The standard InChI is InChI=1S/C20H18O4/c1-23-14-4-6-15-12(9-14)3-5-17-16(15)7-8-20(19(22)24-2)11-13(21)10-18(17)20/h3-6,9-10H,7-8,11H2,1-2H3/t20-/m1/s1. The molecule has 0 saturated heterocycles. The summed E-state index contributed by atoms with van der Waals surface area (Å²) in [4.78, 5) is 24.5. The molecule has 24 heavy (non-hydrogen) atoms. The number of hydrogen-bond acceptors (Lipinski definition) is 4. The predicted octanol–water partition coefficient (Wildman–Crippen LogP) is 3.31. The third-order valence-corrected chi connectivity index (χ3v) is 5.30. The number of esters is 1. The van der Waals surface area contributed by atoms with E-state index in [0.29, 0.717) is 6.42 Å². The zero-order chi connectivity index (χ0) is 16.9. The molecule has 0 spiro atoms. The highest BCUT2D eigenvalue weighted by molar-refractivity contribution is 6.13. The zero-order valence-corrected chi connectivity index (χ0v) is 13.7. The van der Waals surface area contributed by atoms with Gasteiger partial charge < -0.3 is 9.47 Å². The lowest BCUT2D eigenvalue weighted by molar-refractivity contribution is -0.150. The third kappa shape index (κ3) is 1.92. The number of methoxy groups -OCH3 is 2. The normalized spacial score (nSPS) is 21.9. The second-order valence-corrected chi connectivity index (χ2v) is 6.45. The Morgan fingerprint density at radius 2 is 2.00 bits per heavy atom. The van der Waals surface area contributed by atoms with Gasteiger partial charge in [0.05, 0.1) is 14.2 Å². The average Bonchev–Trinajstić information content (AvgIpc) is 2.97. The Balaban J connectivity index is 1.93. The summed E-state index contributed by atoms with van der Waals surface area (Å²) in [7, 11) is 3.04.